The number of nitrogens with zero attached hydrogens (tertiary/aromatic N) is 1. The van der Waals surface area contributed by atoms with Crippen molar-refractivity contribution in [2.24, 2.45) is 0 Å². The number of carbonyl (C=O) groups excluding carboxylic acids is 1. The number of nitrogens with one attached hydrogen (secondary N) is 1. The summed E-state index contributed by atoms with van der Waals surface area (Å²) < 4.78 is 12.3. The first-order valence-corrected chi connectivity index (χ1v) is 11.0. The van der Waals surface area contributed by atoms with Gasteiger partial charge >= 0.3 is 0 Å². The molecule has 7 nitrogen and oxygen atoms in total. The lowest BCUT2D eigenvalue weighted by molar-refractivity contribution is -0.385. The van der Waals surface area contributed by atoms with Crippen molar-refractivity contribution < 1.29 is 18.9 Å². The Bertz CT molecular complexity index is 1120. The number of furan rings is 1. The number of carbonyl (C=O) groups is 1. The van der Waals surface area contributed by atoms with Crippen LogP contribution in [0.25, 0.3) is 0 Å². The van der Waals surface area contributed by atoms with Gasteiger partial charge in [-0.25, -0.2) is 0 Å². The highest BCUT2D eigenvalue weighted by atomic mass is 79.9. The van der Waals surface area contributed by atoms with Crippen molar-refractivity contribution in [1.82, 2.24) is 0 Å². The van der Waals surface area contributed by atoms with Crippen LogP contribution in [0.5, 0.6) is 5.75 Å². The van der Waals surface area contributed by atoms with Crippen LogP contribution in [0.1, 0.15) is 47.2 Å². The van der Waals surface area contributed by atoms with Gasteiger partial charge in [0.15, 0.2) is 5.76 Å². The molecule has 162 valence electrons. The number of rotatable bonds is 7. The molecule has 0 aliphatic heterocycles. The number of hydrogen-bond acceptors (Lipinski definition) is 5. The van der Waals surface area contributed by atoms with Gasteiger partial charge in [-0.2, -0.15) is 0 Å². The highest BCUT2D eigenvalue weighted by Gasteiger charge is 2.19. The number of aryl methyl sites for hydroxylation is 1. The molecule has 9 heteroatoms. The number of ether oxygens (including phenoxy) is 1. The van der Waals surface area contributed by atoms with E-state index in [1.54, 1.807) is 12.1 Å². The van der Waals surface area contributed by atoms with Gasteiger partial charge in [0, 0.05) is 21.1 Å². The second kappa shape index (κ2) is 9.65. The first-order valence-electron chi connectivity index (χ1n) is 9.42. The highest BCUT2D eigenvalue weighted by molar-refractivity contribution is 9.11. The largest absolute Gasteiger partial charge is 0.485 e. The van der Waals surface area contributed by atoms with E-state index in [4.69, 9.17) is 9.15 Å². The second-order valence-corrected chi connectivity index (χ2v) is 8.95. The van der Waals surface area contributed by atoms with Crippen LogP contribution in [0.15, 0.2) is 55.8 Å². The number of halogens is 2. The molecule has 31 heavy (non-hydrogen) atoms. The molecule has 3 aromatic rings. The molecular formula is C22H20Br2N2O5. The van der Waals surface area contributed by atoms with Gasteiger partial charge < -0.3 is 14.5 Å². The number of non-ortho nitro benzene ring substituents is 1. The molecule has 0 unspecified atom stereocenters. The molecule has 1 N–H and O–H groups in total. The maximum atomic E-state index is 12.6. The van der Waals surface area contributed by atoms with E-state index in [-0.39, 0.29) is 18.1 Å². The lowest BCUT2D eigenvalue weighted by atomic mass is 10.0. The summed E-state index contributed by atoms with van der Waals surface area (Å²) in [5.41, 5.74) is 2.46. The van der Waals surface area contributed by atoms with E-state index in [1.807, 2.05) is 19.1 Å². The Morgan fingerprint density at radius 1 is 1.16 bits per heavy atom. The third kappa shape index (κ3) is 5.54. The third-order valence-electron chi connectivity index (χ3n) is 4.52. The predicted octanol–water partition coefficient (Wildman–Crippen LogP) is 6.98. The summed E-state index contributed by atoms with van der Waals surface area (Å²) in [6, 6.07) is 11.9. The lowest BCUT2D eigenvalue weighted by Crippen LogP contribution is -2.12. The van der Waals surface area contributed by atoms with Crippen LogP contribution >= 0.6 is 31.9 Å². The summed E-state index contributed by atoms with van der Waals surface area (Å²) in [5, 5.41) is 13.6. The lowest BCUT2D eigenvalue weighted by Gasteiger charge is -2.14. The Morgan fingerprint density at radius 3 is 2.45 bits per heavy atom. The van der Waals surface area contributed by atoms with Crippen LogP contribution in [-0.2, 0) is 6.61 Å². The zero-order valence-corrected chi connectivity index (χ0v) is 20.2. The molecule has 2 aromatic carbocycles. The van der Waals surface area contributed by atoms with Gasteiger partial charge in [-0.3, -0.25) is 14.9 Å². The summed E-state index contributed by atoms with van der Waals surface area (Å²) in [6.45, 7) is 6.38. The van der Waals surface area contributed by atoms with E-state index in [2.05, 4.69) is 57.1 Å². The number of amides is 1. The molecule has 0 aliphatic carbocycles. The van der Waals surface area contributed by atoms with E-state index < -0.39 is 10.8 Å². The fraction of sp³-hybridized carbons (Fsp3) is 0.227. The zero-order valence-electron chi connectivity index (χ0n) is 17.1. The van der Waals surface area contributed by atoms with Crippen molar-refractivity contribution in [3.8, 4) is 5.75 Å². The molecule has 0 atom stereocenters. The summed E-state index contributed by atoms with van der Waals surface area (Å²) in [7, 11) is 0. The van der Waals surface area contributed by atoms with Gasteiger partial charge in [0.2, 0.25) is 0 Å². The van der Waals surface area contributed by atoms with Gasteiger partial charge in [0.25, 0.3) is 11.6 Å². The van der Waals surface area contributed by atoms with Gasteiger partial charge in [0.05, 0.1) is 10.6 Å². The zero-order chi connectivity index (χ0) is 22.7. The third-order valence-corrected chi connectivity index (χ3v) is 5.77. The Labute approximate surface area is 196 Å². The van der Waals surface area contributed by atoms with E-state index in [0.29, 0.717) is 26.3 Å². The van der Waals surface area contributed by atoms with Crippen molar-refractivity contribution in [2.45, 2.75) is 33.3 Å². The molecule has 1 heterocycles. The first-order chi connectivity index (χ1) is 14.7. The van der Waals surface area contributed by atoms with Crippen molar-refractivity contribution in [2.75, 3.05) is 5.32 Å². The summed E-state index contributed by atoms with van der Waals surface area (Å²) in [4.78, 5) is 23.0. The van der Waals surface area contributed by atoms with Crippen molar-refractivity contribution >= 4 is 49.1 Å². The van der Waals surface area contributed by atoms with Crippen LogP contribution in [0.4, 0.5) is 11.4 Å². The number of benzene rings is 2. The topological polar surface area (TPSA) is 94.6 Å². The van der Waals surface area contributed by atoms with Gasteiger partial charge in [-0.05, 0) is 74.0 Å². The van der Waals surface area contributed by atoms with Gasteiger partial charge in [-0.15, -0.1) is 0 Å². The van der Waals surface area contributed by atoms with E-state index >= 15 is 0 Å². The molecule has 0 bridgehead atoms. The molecule has 0 aliphatic rings. The number of hydrogen-bond donors (Lipinski definition) is 1. The average Bonchev–Trinajstić information content (AvgIpc) is 3.17. The number of nitro groups is 1. The Balaban J connectivity index is 1.71. The standard InChI is InChI=1S/C22H20Br2N2O5/c1-12(2)16-6-4-13(3)8-20(16)30-11-15-5-7-19(31-15)22(27)25-21-17(23)9-14(26(28)29)10-18(21)24/h4-10,12H,11H2,1-3H3,(H,25,27). The molecule has 0 saturated carbocycles. The minimum atomic E-state index is -0.515. The summed E-state index contributed by atoms with van der Waals surface area (Å²) in [5.74, 6) is 1.22. The van der Waals surface area contributed by atoms with Gasteiger partial charge in [-0.1, -0.05) is 26.0 Å². The fourth-order valence-electron chi connectivity index (χ4n) is 2.93. The van der Waals surface area contributed by atoms with Crippen LogP contribution < -0.4 is 10.1 Å². The van der Waals surface area contributed by atoms with Crippen LogP contribution in [0.3, 0.4) is 0 Å². The Morgan fingerprint density at radius 2 is 1.84 bits per heavy atom. The maximum Gasteiger partial charge on any atom is 0.291 e. The second-order valence-electron chi connectivity index (χ2n) is 7.25. The average molecular weight is 552 g/mol. The van der Waals surface area contributed by atoms with Crippen LogP contribution in [0.2, 0.25) is 0 Å². The highest BCUT2D eigenvalue weighted by Crippen LogP contribution is 2.35. The Kier molecular flexibility index (Phi) is 7.17. The summed E-state index contributed by atoms with van der Waals surface area (Å²) in [6.07, 6.45) is 0. The van der Waals surface area contributed by atoms with E-state index in [9.17, 15) is 14.9 Å². The minimum Gasteiger partial charge on any atom is -0.485 e. The predicted molar refractivity (Wildman–Crippen MR) is 125 cm³/mol. The quantitative estimate of drug-likeness (QED) is 0.252. The monoisotopic (exact) mass is 550 g/mol. The molecule has 0 saturated heterocycles. The molecule has 0 fully saturated rings. The fourth-order valence-corrected chi connectivity index (χ4v) is 4.29. The molecule has 3 rings (SSSR count). The number of nitro benzene ring substituents is 1. The van der Waals surface area contributed by atoms with Crippen LogP contribution in [0, 0.1) is 17.0 Å². The van der Waals surface area contributed by atoms with E-state index in [1.165, 1.54) is 12.1 Å². The molecule has 1 aromatic heterocycles. The SMILES string of the molecule is Cc1ccc(C(C)C)c(OCc2ccc(C(=O)Nc3c(Br)cc([N+](=O)[O-])cc3Br)o2)c1. The van der Waals surface area contributed by atoms with Crippen molar-refractivity contribution in [3.05, 3.63) is 84.2 Å². The molecule has 1 amide bonds. The minimum absolute atomic E-state index is 0.101. The van der Waals surface area contributed by atoms with E-state index in [0.717, 1.165) is 16.9 Å². The number of anilines is 1. The first kappa shape index (κ1) is 23.0. The van der Waals surface area contributed by atoms with Gasteiger partial charge in [0.1, 0.15) is 18.1 Å². The van der Waals surface area contributed by atoms with Crippen molar-refractivity contribution in [1.29, 1.82) is 0 Å². The normalized spacial score (nSPS) is 10.9. The Hall–Kier alpha value is -2.65. The molecule has 0 radical (unpaired) electrons. The summed E-state index contributed by atoms with van der Waals surface area (Å²) >= 11 is 6.50. The van der Waals surface area contributed by atoms with Crippen LogP contribution in [-0.4, -0.2) is 10.8 Å². The maximum absolute atomic E-state index is 12.6. The molecule has 0 spiro atoms. The van der Waals surface area contributed by atoms with Crippen molar-refractivity contribution in [3.63, 3.8) is 0 Å². The molecular weight excluding hydrogens is 532 g/mol. The smallest absolute Gasteiger partial charge is 0.291 e.